The van der Waals surface area contributed by atoms with Crippen LogP contribution in [0.25, 0.3) is 0 Å². The van der Waals surface area contributed by atoms with Gasteiger partial charge in [0, 0.05) is 26.2 Å². The van der Waals surface area contributed by atoms with Gasteiger partial charge in [-0.1, -0.05) is 12.1 Å². The molecule has 2 N–H and O–H groups in total. The van der Waals surface area contributed by atoms with Crippen molar-refractivity contribution in [1.82, 2.24) is 15.5 Å². The molecule has 0 radical (unpaired) electrons. The van der Waals surface area contributed by atoms with Crippen LogP contribution in [0.5, 0.6) is 0 Å². The van der Waals surface area contributed by atoms with Gasteiger partial charge in [0.2, 0.25) is 5.91 Å². The predicted octanol–water partition coefficient (Wildman–Crippen LogP) is 1.82. The summed E-state index contributed by atoms with van der Waals surface area (Å²) in [5, 5.41) is 5.51. The SMILES string of the molecule is CC(C)OCCCNC(=O)N1CCNC(=O)[C@@H]1c1cccc(F)c1. The van der Waals surface area contributed by atoms with Crippen LogP contribution < -0.4 is 10.6 Å². The van der Waals surface area contributed by atoms with Gasteiger partial charge >= 0.3 is 6.03 Å². The average Bonchev–Trinajstić information content (AvgIpc) is 2.53. The molecule has 1 heterocycles. The standard InChI is InChI=1S/C17H24FN3O3/c1-12(2)24-10-4-7-20-17(23)21-9-8-19-16(22)15(21)13-5-3-6-14(18)11-13/h3,5-6,11-12,15H,4,7-10H2,1-2H3,(H,19,22)(H,20,23)/t15-/m0/s1. The van der Waals surface area contributed by atoms with E-state index in [0.29, 0.717) is 38.2 Å². The minimum absolute atomic E-state index is 0.156. The number of hydrogen-bond donors (Lipinski definition) is 2. The topological polar surface area (TPSA) is 70.7 Å². The summed E-state index contributed by atoms with van der Waals surface area (Å²) in [6.45, 7) is 5.68. The number of rotatable bonds is 6. The minimum Gasteiger partial charge on any atom is -0.379 e. The van der Waals surface area contributed by atoms with Crippen LogP contribution in [0.3, 0.4) is 0 Å². The van der Waals surface area contributed by atoms with E-state index in [9.17, 15) is 14.0 Å². The first-order valence-corrected chi connectivity index (χ1v) is 8.18. The highest BCUT2D eigenvalue weighted by molar-refractivity contribution is 5.89. The first-order valence-electron chi connectivity index (χ1n) is 8.18. The molecule has 7 heteroatoms. The summed E-state index contributed by atoms with van der Waals surface area (Å²) in [6, 6.07) is 4.63. The fraction of sp³-hybridized carbons (Fsp3) is 0.529. The highest BCUT2D eigenvalue weighted by Crippen LogP contribution is 2.23. The minimum atomic E-state index is -0.818. The molecule has 1 aromatic carbocycles. The zero-order valence-corrected chi connectivity index (χ0v) is 14.0. The highest BCUT2D eigenvalue weighted by atomic mass is 19.1. The molecule has 0 bridgehead atoms. The Bertz CT molecular complexity index is 580. The van der Waals surface area contributed by atoms with Crippen LogP contribution in [0, 0.1) is 5.82 Å². The number of nitrogens with zero attached hydrogens (tertiary/aromatic N) is 1. The van der Waals surface area contributed by atoms with E-state index in [4.69, 9.17) is 4.74 Å². The maximum atomic E-state index is 13.5. The monoisotopic (exact) mass is 337 g/mol. The van der Waals surface area contributed by atoms with Gasteiger partial charge in [-0.3, -0.25) is 4.79 Å². The smallest absolute Gasteiger partial charge is 0.318 e. The first-order chi connectivity index (χ1) is 11.5. The zero-order chi connectivity index (χ0) is 17.5. The molecule has 0 aromatic heterocycles. The predicted molar refractivity (Wildman–Crippen MR) is 88.0 cm³/mol. The van der Waals surface area contributed by atoms with Gasteiger partial charge in [0.1, 0.15) is 11.9 Å². The van der Waals surface area contributed by atoms with Gasteiger partial charge < -0.3 is 20.3 Å². The number of halogens is 1. The number of nitrogens with one attached hydrogen (secondary N) is 2. The first kappa shape index (κ1) is 18.2. The van der Waals surface area contributed by atoms with Gasteiger partial charge in [0.25, 0.3) is 0 Å². The van der Waals surface area contributed by atoms with Crippen molar-refractivity contribution < 1.29 is 18.7 Å². The second-order valence-electron chi connectivity index (χ2n) is 5.95. The highest BCUT2D eigenvalue weighted by Gasteiger charge is 2.34. The van der Waals surface area contributed by atoms with Gasteiger partial charge in [-0.15, -0.1) is 0 Å². The lowest BCUT2D eigenvalue weighted by molar-refractivity contribution is -0.127. The number of hydrogen-bond acceptors (Lipinski definition) is 3. The van der Waals surface area contributed by atoms with Crippen LogP contribution in [0.1, 0.15) is 31.9 Å². The third-order valence-corrected chi connectivity index (χ3v) is 3.69. The third kappa shape index (κ3) is 4.92. The van der Waals surface area contributed by atoms with E-state index in [2.05, 4.69) is 10.6 Å². The summed E-state index contributed by atoms with van der Waals surface area (Å²) in [7, 11) is 0. The lowest BCUT2D eigenvalue weighted by Gasteiger charge is -2.35. The van der Waals surface area contributed by atoms with Crippen molar-refractivity contribution in [1.29, 1.82) is 0 Å². The molecule has 1 atom stereocenters. The van der Waals surface area contributed by atoms with Gasteiger partial charge in [-0.2, -0.15) is 0 Å². The van der Waals surface area contributed by atoms with E-state index >= 15 is 0 Å². The maximum absolute atomic E-state index is 13.5. The number of carbonyl (C=O) groups is 2. The normalized spacial score (nSPS) is 17.8. The van der Waals surface area contributed by atoms with Crippen LogP contribution in [0.15, 0.2) is 24.3 Å². The summed E-state index contributed by atoms with van der Waals surface area (Å²) in [4.78, 5) is 26.0. The Hall–Kier alpha value is -2.15. The second-order valence-corrected chi connectivity index (χ2v) is 5.95. The summed E-state index contributed by atoms with van der Waals surface area (Å²) < 4.78 is 18.9. The summed E-state index contributed by atoms with van der Waals surface area (Å²) in [5.74, 6) is -0.734. The second kappa shape index (κ2) is 8.63. The lowest BCUT2D eigenvalue weighted by atomic mass is 10.0. The molecule has 132 valence electrons. The molecule has 1 fully saturated rings. The van der Waals surface area contributed by atoms with Crippen LogP contribution in [0.4, 0.5) is 9.18 Å². The van der Waals surface area contributed by atoms with Crippen LogP contribution in [-0.2, 0) is 9.53 Å². The Kier molecular flexibility index (Phi) is 6.54. The molecule has 1 aliphatic heterocycles. The van der Waals surface area contributed by atoms with E-state index in [1.807, 2.05) is 13.8 Å². The third-order valence-electron chi connectivity index (χ3n) is 3.69. The molecule has 3 amide bonds. The number of urea groups is 1. The van der Waals surface area contributed by atoms with Gasteiger partial charge in [-0.05, 0) is 38.0 Å². The Balaban J connectivity index is 1.97. The molecule has 1 saturated heterocycles. The molecule has 1 aliphatic rings. The number of amides is 3. The van der Waals surface area contributed by atoms with Crippen molar-refractivity contribution in [2.75, 3.05) is 26.2 Å². The quantitative estimate of drug-likeness (QED) is 0.778. The number of ether oxygens (including phenoxy) is 1. The molecular weight excluding hydrogens is 313 g/mol. The van der Waals surface area contributed by atoms with Crippen LogP contribution in [-0.4, -0.2) is 49.2 Å². The van der Waals surface area contributed by atoms with E-state index in [0.717, 1.165) is 0 Å². The molecule has 24 heavy (non-hydrogen) atoms. The lowest BCUT2D eigenvalue weighted by Crippen LogP contribution is -2.55. The molecular formula is C17H24FN3O3. The van der Waals surface area contributed by atoms with Crippen LogP contribution >= 0.6 is 0 Å². The molecule has 0 unspecified atom stereocenters. The van der Waals surface area contributed by atoms with Crippen molar-refractivity contribution in [2.24, 2.45) is 0 Å². The maximum Gasteiger partial charge on any atom is 0.318 e. The van der Waals surface area contributed by atoms with Gasteiger partial charge in [0.15, 0.2) is 0 Å². The fourth-order valence-electron chi connectivity index (χ4n) is 2.58. The molecule has 6 nitrogen and oxygen atoms in total. The fourth-order valence-corrected chi connectivity index (χ4v) is 2.58. The average molecular weight is 337 g/mol. The van der Waals surface area contributed by atoms with E-state index in [1.54, 1.807) is 6.07 Å². The Morgan fingerprint density at radius 3 is 3.00 bits per heavy atom. The Morgan fingerprint density at radius 2 is 2.29 bits per heavy atom. The molecule has 2 rings (SSSR count). The Morgan fingerprint density at radius 1 is 1.50 bits per heavy atom. The van der Waals surface area contributed by atoms with Crippen molar-refractivity contribution in [3.05, 3.63) is 35.6 Å². The van der Waals surface area contributed by atoms with Gasteiger partial charge in [-0.25, -0.2) is 9.18 Å². The summed E-state index contributed by atoms with van der Waals surface area (Å²) >= 11 is 0. The summed E-state index contributed by atoms with van der Waals surface area (Å²) in [6.07, 6.45) is 0.845. The van der Waals surface area contributed by atoms with Crippen LogP contribution in [0.2, 0.25) is 0 Å². The number of benzene rings is 1. The van der Waals surface area contributed by atoms with E-state index in [1.165, 1.54) is 23.1 Å². The molecule has 0 spiro atoms. The van der Waals surface area contributed by atoms with E-state index < -0.39 is 11.9 Å². The van der Waals surface area contributed by atoms with Crippen molar-refractivity contribution in [3.63, 3.8) is 0 Å². The molecule has 0 saturated carbocycles. The largest absolute Gasteiger partial charge is 0.379 e. The van der Waals surface area contributed by atoms with Crippen molar-refractivity contribution in [2.45, 2.75) is 32.4 Å². The van der Waals surface area contributed by atoms with Crippen molar-refractivity contribution in [3.8, 4) is 0 Å². The van der Waals surface area contributed by atoms with Gasteiger partial charge in [0.05, 0.1) is 6.10 Å². The summed E-state index contributed by atoms with van der Waals surface area (Å²) in [5.41, 5.74) is 0.463. The van der Waals surface area contributed by atoms with Crippen molar-refractivity contribution >= 4 is 11.9 Å². The zero-order valence-electron chi connectivity index (χ0n) is 14.0. The molecule has 0 aliphatic carbocycles. The molecule has 1 aromatic rings. The number of piperazine rings is 1. The number of carbonyl (C=O) groups excluding carboxylic acids is 2. The van der Waals surface area contributed by atoms with E-state index in [-0.39, 0.29) is 18.0 Å². The Labute approximate surface area is 141 Å².